The summed E-state index contributed by atoms with van der Waals surface area (Å²) in [7, 11) is -3.38. The maximum atomic E-state index is 12.4. The highest BCUT2D eigenvalue weighted by Gasteiger charge is 2.37. The van der Waals surface area contributed by atoms with Crippen LogP contribution in [0.25, 0.3) is 11.0 Å². The first kappa shape index (κ1) is 21.1. The largest absolute Gasteiger partial charge is 0.489 e. The number of aliphatic hydroxyl groups excluding tert-OH is 1. The van der Waals surface area contributed by atoms with Gasteiger partial charge in [0.15, 0.2) is 9.84 Å². The lowest BCUT2D eigenvalue weighted by Crippen LogP contribution is -2.43. The van der Waals surface area contributed by atoms with Gasteiger partial charge >= 0.3 is 5.63 Å². The zero-order valence-corrected chi connectivity index (χ0v) is 17.0. The van der Waals surface area contributed by atoms with Crippen molar-refractivity contribution in [3.63, 3.8) is 0 Å². The highest BCUT2D eigenvalue weighted by atomic mass is 32.2. The SMILES string of the molecule is C=C(C)COc1ccc2c(C)c(CC(=O)N[C@H]3CS(=O)(=O)C[C@@H]3O)c(=O)oc2c1. The summed E-state index contributed by atoms with van der Waals surface area (Å²) in [6, 6.07) is 4.21. The summed E-state index contributed by atoms with van der Waals surface area (Å²) in [6.45, 7) is 7.66. The van der Waals surface area contributed by atoms with Crippen LogP contribution < -0.4 is 15.7 Å². The number of aliphatic hydroxyl groups is 1. The van der Waals surface area contributed by atoms with Crippen molar-refractivity contribution in [2.24, 2.45) is 0 Å². The van der Waals surface area contributed by atoms with Gasteiger partial charge < -0.3 is 19.6 Å². The third kappa shape index (κ3) is 4.86. The smallest absolute Gasteiger partial charge is 0.340 e. The molecule has 1 saturated heterocycles. The normalized spacial score (nSPS) is 20.5. The van der Waals surface area contributed by atoms with Crippen molar-refractivity contribution in [2.75, 3.05) is 18.1 Å². The van der Waals surface area contributed by atoms with E-state index in [1.54, 1.807) is 25.1 Å². The minimum absolute atomic E-state index is 0.181. The van der Waals surface area contributed by atoms with Crippen LogP contribution in [0.4, 0.5) is 0 Å². The van der Waals surface area contributed by atoms with Gasteiger partial charge in [-0.15, -0.1) is 0 Å². The molecule has 0 unspecified atom stereocenters. The fraction of sp³-hybridized carbons (Fsp3) is 0.400. The summed E-state index contributed by atoms with van der Waals surface area (Å²) < 4.78 is 34.0. The number of ether oxygens (including phenoxy) is 1. The summed E-state index contributed by atoms with van der Waals surface area (Å²) >= 11 is 0. The molecule has 156 valence electrons. The van der Waals surface area contributed by atoms with Crippen molar-refractivity contribution in [3.05, 3.63) is 51.9 Å². The number of hydrogen-bond donors (Lipinski definition) is 2. The molecular weight excluding hydrogens is 398 g/mol. The molecule has 1 aromatic heterocycles. The van der Waals surface area contributed by atoms with Gasteiger partial charge in [-0.25, -0.2) is 13.2 Å². The van der Waals surface area contributed by atoms with Gasteiger partial charge in [-0.05, 0) is 37.1 Å². The average molecular weight is 421 g/mol. The van der Waals surface area contributed by atoms with Gasteiger partial charge in [0.05, 0.1) is 35.6 Å². The molecule has 1 amide bonds. The third-order valence-electron chi connectivity index (χ3n) is 4.75. The summed E-state index contributed by atoms with van der Waals surface area (Å²) in [5.41, 5.74) is 1.32. The number of benzene rings is 1. The quantitative estimate of drug-likeness (QED) is 0.524. The maximum Gasteiger partial charge on any atom is 0.340 e. The molecule has 2 N–H and O–H groups in total. The van der Waals surface area contributed by atoms with E-state index < -0.39 is 33.5 Å². The number of rotatable bonds is 6. The molecule has 0 saturated carbocycles. The zero-order chi connectivity index (χ0) is 21.3. The Hall–Kier alpha value is -2.65. The summed E-state index contributed by atoms with van der Waals surface area (Å²) in [5.74, 6) is -0.726. The van der Waals surface area contributed by atoms with E-state index in [0.29, 0.717) is 28.9 Å². The van der Waals surface area contributed by atoms with Crippen LogP contribution in [-0.4, -0.2) is 49.7 Å². The molecule has 3 rings (SSSR count). The summed E-state index contributed by atoms with van der Waals surface area (Å²) in [4.78, 5) is 24.8. The molecule has 29 heavy (non-hydrogen) atoms. The number of carbonyl (C=O) groups excluding carboxylic acids is 1. The molecule has 1 aromatic carbocycles. The van der Waals surface area contributed by atoms with Crippen molar-refractivity contribution in [3.8, 4) is 5.75 Å². The van der Waals surface area contributed by atoms with Crippen molar-refractivity contribution in [2.45, 2.75) is 32.4 Å². The van der Waals surface area contributed by atoms with E-state index >= 15 is 0 Å². The fourth-order valence-electron chi connectivity index (χ4n) is 3.26. The molecule has 1 aliphatic rings. The molecule has 1 aliphatic heterocycles. The Kier molecular flexibility index (Phi) is 5.81. The van der Waals surface area contributed by atoms with Crippen LogP contribution in [-0.2, 0) is 21.1 Å². The van der Waals surface area contributed by atoms with Crippen molar-refractivity contribution in [1.82, 2.24) is 5.32 Å². The molecule has 9 heteroatoms. The van der Waals surface area contributed by atoms with E-state index in [4.69, 9.17) is 9.15 Å². The minimum Gasteiger partial charge on any atom is -0.489 e. The van der Waals surface area contributed by atoms with Gasteiger partial charge in [-0.2, -0.15) is 0 Å². The lowest BCUT2D eigenvalue weighted by Gasteiger charge is -2.15. The Morgan fingerprint density at radius 1 is 1.38 bits per heavy atom. The molecule has 0 radical (unpaired) electrons. The number of carbonyl (C=O) groups is 1. The van der Waals surface area contributed by atoms with Crippen LogP contribution in [0.1, 0.15) is 18.1 Å². The first-order valence-electron chi connectivity index (χ1n) is 9.07. The Morgan fingerprint density at radius 3 is 2.72 bits per heavy atom. The van der Waals surface area contributed by atoms with E-state index in [1.807, 2.05) is 6.92 Å². The van der Waals surface area contributed by atoms with E-state index in [9.17, 15) is 23.1 Å². The average Bonchev–Trinajstić information content (AvgIpc) is 2.88. The van der Waals surface area contributed by atoms with E-state index in [2.05, 4.69) is 11.9 Å². The van der Waals surface area contributed by atoms with Crippen LogP contribution in [0.5, 0.6) is 5.75 Å². The standard InChI is InChI=1S/C20H23NO7S/c1-11(2)8-27-13-4-5-14-12(3)15(20(24)28-18(14)6-13)7-19(23)21-16-9-29(25,26)10-17(16)22/h4-6,16-17,22H,1,7-10H2,2-3H3,(H,21,23)/t16-,17-/m0/s1. The minimum atomic E-state index is -3.38. The third-order valence-corrected chi connectivity index (χ3v) is 6.47. The Labute approximate surface area is 168 Å². The predicted octanol–water partition coefficient (Wildman–Crippen LogP) is 0.873. The number of nitrogens with one attached hydrogen (secondary N) is 1. The van der Waals surface area contributed by atoms with Gasteiger partial charge in [0, 0.05) is 11.5 Å². The number of hydrogen-bond acceptors (Lipinski definition) is 7. The van der Waals surface area contributed by atoms with E-state index in [0.717, 1.165) is 5.57 Å². The number of sulfone groups is 1. The topological polar surface area (TPSA) is 123 Å². The second-order valence-electron chi connectivity index (χ2n) is 7.39. The van der Waals surface area contributed by atoms with Gasteiger partial charge in [0.25, 0.3) is 0 Å². The Morgan fingerprint density at radius 2 is 2.10 bits per heavy atom. The number of aryl methyl sites for hydroxylation is 1. The van der Waals surface area contributed by atoms with Crippen LogP contribution >= 0.6 is 0 Å². The van der Waals surface area contributed by atoms with Crippen LogP contribution in [0.15, 0.2) is 39.6 Å². The summed E-state index contributed by atoms with van der Waals surface area (Å²) in [5, 5.41) is 13.0. The molecule has 0 aliphatic carbocycles. The Balaban J connectivity index is 1.80. The molecule has 0 spiro atoms. The van der Waals surface area contributed by atoms with Crippen LogP contribution in [0.3, 0.4) is 0 Å². The monoisotopic (exact) mass is 421 g/mol. The van der Waals surface area contributed by atoms with Crippen molar-refractivity contribution in [1.29, 1.82) is 0 Å². The lowest BCUT2D eigenvalue weighted by atomic mass is 10.0. The van der Waals surface area contributed by atoms with Crippen LogP contribution in [0.2, 0.25) is 0 Å². The Bertz CT molecular complexity index is 1130. The first-order chi connectivity index (χ1) is 13.6. The maximum absolute atomic E-state index is 12.4. The first-order valence-corrected chi connectivity index (χ1v) is 10.9. The van der Waals surface area contributed by atoms with Gasteiger partial charge in [-0.1, -0.05) is 6.58 Å². The summed E-state index contributed by atoms with van der Waals surface area (Å²) in [6.07, 6.45) is -1.43. The fourth-order valence-corrected chi connectivity index (χ4v) is 5.00. The second kappa shape index (κ2) is 8.00. The van der Waals surface area contributed by atoms with E-state index in [-0.39, 0.29) is 23.5 Å². The predicted molar refractivity (Wildman–Crippen MR) is 108 cm³/mol. The van der Waals surface area contributed by atoms with Crippen LogP contribution in [0, 0.1) is 6.92 Å². The van der Waals surface area contributed by atoms with Crippen molar-refractivity contribution >= 4 is 26.7 Å². The number of fused-ring (bicyclic) bond motifs is 1. The molecule has 2 aromatic rings. The molecular formula is C20H23NO7S. The number of amides is 1. The highest BCUT2D eigenvalue weighted by molar-refractivity contribution is 7.91. The highest BCUT2D eigenvalue weighted by Crippen LogP contribution is 2.24. The van der Waals surface area contributed by atoms with E-state index in [1.165, 1.54) is 0 Å². The lowest BCUT2D eigenvalue weighted by molar-refractivity contribution is -0.121. The van der Waals surface area contributed by atoms with Crippen molar-refractivity contribution < 1.29 is 27.5 Å². The molecule has 0 bridgehead atoms. The zero-order valence-electron chi connectivity index (χ0n) is 16.2. The molecule has 2 atom stereocenters. The van der Waals surface area contributed by atoms with Gasteiger partial charge in [-0.3, -0.25) is 4.79 Å². The van der Waals surface area contributed by atoms with Gasteiger partial charge in [0.1, 0.15) is 17.9 Å². The van der Waals surface area contributed by atoms with Gasteiger partial charge in [0.2, 0.25) is 5.91 Å². The molecule has 1 fully saturated rings. The molecule has 8 nitrogen and oxygen atoms in total. The second-order valence-corrected chi connectivity index (χ2v) is 9.55. The molecule has 2 heterocycles.